The van der Waals surface area contributed by atoms with Crippen molar-refractivity contribution in [3.8, 4) is 0 Å². The van der Waals surface area contributed by atoms with Gasteiger partial charge in [-0.25, -0.2) is 4.79 Å². The molecule has 1 aliphatic carbocycles. The summed E-state index contributed by atoms with van der Waals surface area (Å²) in [5.74, 6) is 0.398. The highest BCUT2D eigenvalue weighted by atomic mass is 79.9. The van der Waals surface area contributed by atoms with Crippen LogP contribution in [0.3, 0.4) is 0 Å². The second-order valence-electron chi connectivity index (χ2n) is 8.12. The van der Waals surface area contributed by atoms with E-state index >= 15 is 0 Å². The van der Waals surface area contributed by atoms with E-state index < -0.39 is 17.5 Å². The molecule has 8 heteroatoms. The summed E-state index contributed by atoms with van der Waals surface area (Å²) in [7, 11) is 0. The first-order valence-corrected chi connectivity index (χ1v) is 11.2. The normalized spacial score (nSPS) is 23.9. The van der Waals surface area contributed by atoms with Crippen molar-refractivity contribution in [2.45, 2.75) is 51.0 Å². The van der Waals surface area contributed by atoms with Gasteiger partial charge < -0.3 is 14.5 Å². The SMILES string of the molecule is CCC1CCC2(CC1)NC(=O)N(CC(=O)OCCc1cc3cc(Br)ccc3o1)C2=O. The lowest BCUT2D eigenvalue weighted by atomic mass is 9.75. The molecule has 1 saturated heterocycles. The minimum absolute atomic E-state index is 0.118. The second-order valence-corrected chi connectivity index (χ2v) is 9.04. The average molecular weight is 477 g/mol. The van der Waals surface area contributed by atoms with E-state index in [1.165, 1.54) is 0 Å². The Labute approximate surface area is 183 Å². The Morgan fingerprint density at radius 1 is 1.30 bits per heavy atom. The third kappa shape index (κ3) is 4.10. The molecule has 3 amide bonds. The zero-order chi connectivity index (χ0) is 21.3. The molecule has 2 aromatic rings. The van der Waals surface area contributed by atoms with Crippen molar-refractivity contribution in [2.75, 3.05) is 13.2 Å². The van der Waals surface area contributed by atoms with Gasteiger partial charge in [-0.05, 0) is 55.9 Å². The number of nitrogens with zero attached hydrogens (tertiary/aromatic N) is 1. The molecule has 1 aliphatic heterocycles. The maximum Gasteiger partial charge on any atom is 0.326 e. The summed E-state index contributed by atoms with van der Waals surface area (Å²) in [6.07, 6.45) is 4.58. The van der Waals surface area contributed by atoms with Crippen LogP contribution in [0.25, 0.3) is 11.0 Å². The molecule has 0 atom stereocenters. The third-order valence-electron chi connectivity index (χ3n) is 6.21. The topological polar surface area (TPSA) is 88.8 Å². The number of fused-ring (bicyclic) bond motifs is 1. The van der Waals surface area contributed by atoms with Gasteiger partial charge in [0, 0.05) is 16.3 Å². The number of hydrogen-bond donors (Lipinski definition) is 1. The highest BCUT2D eigenvalue weighted by Gasteiger charge is 2.52. The molecule has 0 radical (unpaired) electrons. The molecule has 2 heterocycles. The number of benzene rings is 1. The zero-order valence-corrected chi connectivity index (χ0v) is 18.5. The Bertz CT molecular complexity index is 977. The fourth-order valence-electron chi connectivity index (χ4n) is 4.37. The predicted octanol–water partition coefficient (Wildman–Crippen LogP) is 4.17. The maximum absolute atomic E-state index is 12.9. The third-order valence-corrected chi connectivity index (χ3v) is 6.70. The smallest absolute Gasteiger partial charge is 0.326 e. The maximum atomic E-state index is 12.9. The Kier molecular flexibility index (Phi) is 5.86. The monoisotopic (exact) mass is 476 g/mol. The number of rotatable bonds is 6. The molecule has 0 unspecified atom stereocenters. The van der Waals surface area contributed by atoms with Gasteiger partial charge in [0.1, 0.15) is 23.4 Å². The van der Waals surface area contributed by atoms with Gasteiger partial charge in [0.15, 0.2) is 0 Å². The molecule has 160 valence electrons. The molecule has 30 heavy (non-hydrogen) atoms. The van der Waals surface area contributed by atoms with Crippen LogP contribution in [0.5, 0.6) is 0 Å². The van der Waals surface area contributed by atoms with Gasteiger partial charge in [0.2, 0.25) is 0 Å². The highest BCUT2D eigenvalue weighted by molar-refractivity contribution is 9.10. The lowest BCUT2D eigenvalue weighted by molar-refractivity contribution is -0.148. The Morgan fingerprint density at radius 3 is 2.80 bits per heavy atom. The Balaban J connectivity index is 1.29. The number of urea groups is 1. The lowest BCUT2D eigenvalue weighted by Gasteiger charge is -2.34. The van der Waals surface area contributed by atoms with Gasteiger partial charge in [-0.2, -0.15) is 0 Å². The standard InChI is InChI=1S/C22H25BrN2O5/c1-2-14-5-8-22(9-6-14)20(27)25(21(28)24-22)13-19(26)29-10-7-17-12-15-11-16(23)3-4-18(15)30-17/h3-4,11-12,14H,2,5-10,13H2,1H3,(H,24,28). The van der Waals surface area contributed by atoms with Crippen molar-refractivity contribution >= 4 is 44.8 Å². The van der Waals surface area contributed by atoms with Gasteiger partial charge in [0.05, 0.1) is 6.61 Å². The first-order valence-electron chi connectivity index (χ1n) is 10.4. The summed E-state index contributed by atoms with van der Waals surface area (Å²) in [5, 5.41) is 3.80. The van der Waals surface area contributed by atoms with E-state index in [1.54, 1.807) is 0 Å². The summed E-state index contributed by atoms with van der Waals surface area (Å²) >= 11 is 3.42. The molecule has 1 aromatic carbocycles. The number of amides is 3. The average Bonchev–Trinajstić information content (AvgIpc) is 3.22. The molecule has 4 rings (SSSR count). The fourth-order valence-corrected chi connectivity index (χ4v) is 4.75. The van der Waals surface area contributed by atoms with Crippen molar-refractivity contribution in [3.63, 3.8) is 0 Å². The Hall–Kier alpha value is -2.35. The van der Waals surface area contributed by atoms with Crippen molar-refractivity contribution in [2.24, 2.45) is 5.92 Å². The lowest BCUT2D eigenvalue weighted by Crippen LogP contribution is -2.49. The molecule has 1 N–H and O–H groups in total. The summed E-state index contributed by atoms with van der Waals surface area (Å²) < 4.78 is 11.9. The number of carbonyl (C=O) groups is 3. The van der Waals surface area contributed by atoms with Crippen LogP contribution in [0, 0.1) is 5.92 Å². The highest BCUT2D eigenvalue weighted by Crippen LogP contribution is 2.37. The number of halogens is 1. The van der Waals surface area contributed by atoms with Crippen LogP contribution in [-0.4, -0.2) is 41.5 Å². The van der Waals surface area contributed by atoms with Crippen LogP contribution in [0.1, 0.15) is 44.8 Å². The molecule has 7 nitrogen and oxygen atoms in total. The first kappa shape index (κ1) is 20.9. The molecular formula is C22H25BrN2O5. The predicted molar refractivity (Wildman–Crippen MR) is 114 cm³/mol. The Morgan fingerprint density at radius 2 is 2.07 bits per heavy atom. The van der Waals surface area contributed by atoms with Crippen molar-refractivity contribution in [1.82, 2.24) is 10.2 Å². The van der Waals surface area contributed by atoms with E-state index in [0.29, 0.717) is 30.9 Å². The van der Waals surface area contributed by atoms with Gasteiger partial charge >= 0.3 is 12.0 Å². The van der Waals surface area contributed by atoms with Crippen LogP contribution >= 0.6 is 15.9 Å². The van der Waals surface area contributed by atoms with Crippen molar-refractivity contribution < 1.29 is 23.5 Å². The van der Waals surface area contributed by atoms with E-state index in [9.17, 15) is 14.4 Å². The van der Waals surface area contributed by atoms with Gasteiger partial charge in [-0.3, -0.25) is 14.5 Å². The van der Waals surface area contributed by atoms with Crippen LogP contribution < -0.4 is 5.32 Å². The fraction of sp³-hybridized carbons (Fsp3) is 0.500. The minimum atomic E-state index is -0.842. The van der Waals surface area contributed by atoms with Crippen LogP contribution in [0.4, 0.5) is 4.79 Å². The van der Waals surface area contributed by atoms with Crippen LogP contribution in [0.15, 0.2) is 33.2 Å². The van der Waals surface area contributed by atoms with E-state index in [1.807, 2.05) is 24.3 Å². The summed E-state index contributed by atoms with van der Waals surface area (Å²) in [6.45, 7) is 1.90. The number of furan rings is 1. The van der Waals surface area contributed by atoms with Gasteiger partial charge in [0.25, 0.3) is 5.91 Å². The number of hydrogen-bond acceptors (Lipinski definition) is 5. The number of esters is 1. The largest absolute Gasteiger partial charge is 0.464 e. The van der Waals surface area contributed by atoms with Gasteiger partial charge in [-0.15, -0.1) is 0 Å². The molecular weight excluding hydrogens is 452 g/mol. The molecule has 1 spiro atoms. The van der Waals surface area contributed by atoms with E-state index in [-0.39, 0.29) is 19.1 Å². The van der Waals surface area contributed by atoms with Crippen molar-refractivity contribution in [1.29, 1.82) is 0 Å². The number of carbonyl (C=O) groups excluding carboxylic acids is 3. The molecule has 2 fully saturated rings. The summed E-state index contributed by atoms with van der Waals surface area (Å²) in [6, 6.07) is 7.12. The molecule has 1 saturated carbocycles. The quantitative estimate of drug-likeness (QED) is 0.499. The van der Waals surface area contributed by atoms with E-state index in [0.717, 1.165) is 39.6 Å². The number of ether oxygens (including phenoxy) is 1. The van der Waals surface area contributed by atoms with Crippen LogP contribution in [-0.2, 0) is 20.7 Å². The molecule has 1 aromatic heterocycles. The first-order chi connectivity index (χ1) is 14.4. The van der Waals surface area contributed by atoms with E-state index in [4.69, 9.17) is 9.15 Å². The van der Waals surface area contributed by atoms with Gasteiger partial charge in [-0.1, -0.05) is 29.3 Å². The molecule has 0 bridgehead atoms. The summed E-state index contributed by atoms with van der Waals surface area (Å²) in [4.78, 5) is 38.4. The minimum Gasteiger partial charge on any atom is -0.464 e. The zero-order valence-electron chi connectivity index (χ0n) is 16.9. The van der Waals surface area contributed by atoms with E-state index in [2.05, 4.69) is 28.2 Å². The summed E-state index contributed by atoms with van der Waals surface area (Å²) in [5.41, 5.74) is -0.0760. The van der Waals surface area contributed by atoms with Crippen LogP contribution in [0.2, 0.25) is 0 Å². The second kappa shape index (κ2) is 8.41. The number of imide groups is 1. The number of nitrogens with one attached hydrogen (secondary N) is 1. The van der Waals surface area contributed by atoms with Crippen molar-refractivity contribution in [3.05, 3.63) is 34.5 Å². The molecule has 2 aliphatic rings.